The molecule has 4 rings (SSSR count). The highest BCUT2D eigenvalue weighted by molar-refractivity contribution is 7.98. The maximum atomic E-state index is 13.0. The lowest BCUT2D eigenvalue weighted by Gasteiger charge is -2.04. The van der Waals surface area contributed by atoms with Crippen LogP contribution in [0, 0.1) is 5.82 Å². The molecule has 0 aliphatic heterocycles. The fraction of sp³-hybridized carbons (Fsp3) is 0.158. The molecule has 2 aromatic carbocycles. The van der Waals surface area contributed by atoms with E-state index in [4.69, 9.17) is 0 Å². The minimum absolute atomic E-state index is 0.268. The van der Waals surface area contributed by atoms with Crippen LogP contribution in [0.1, 0.15) is 21.7 Å². The summed E-state index contributed by atoms with van der Waals surface area (Å²) in [5.74, 6) is -0.141. The Labute approximate surface area is 168 Å². The number of aromatic nitrogens is 4. The first-order valence-corrected chi connectivity index (χ1v) is 10.4. The summed E-state index contributed by atoms with van der Waals surface area (Å²) in [5, 5.41) is 12.7. The molecule has 142 valence electrons. The molecule has 0 atom stereocenters. The third kappa shape index (κ3) is 3.90. The fourth-order valence-corrected chi connectivity index (χ4v) is 4.52. The summed E-state index contributed by atoms with van der Waals surface area (Å²) in [7, 11) is 0. The molecule has 0 radical (unpaired) electrons. The van der Waals surface area contributed by atoms with Crippen molar-refractivity contribution in [2.24, 2.45) is 0 Å². The zero-order valence-corrected chi connectivity index (χ0v) is 16.6. The smallest absolute Gasteiger partial charge is 0.286 e. The van der Waals surface area contributed by atoms with Gasteiger partial charge in [-0.3, -0.25) is 4.79 Å². The summed E-state index contributed by atoms with van der Waals surface area (Å²) < 4.78 is 15.1. The number of aryl methyl sites for hydroxylation is 1. The monoisotopic (exact) mass is 413 g/mol. The van der Waals surface area contributed by atoms with Gasteiger partial charge in [0, 0.05) is 12.2 Å². The molecule has 0 spiro atoms. The minimum atomic E-state index is -0.360. The zero-order valence-electron chi connectivity index (χ0n) is 14.9. The van der Waals surface area contributed by atoms with Gasteiger partial charge >= 0.3 is 0 Å². The fourth-order valence-electron chi connectivity index (χ4n) is 2.72. The van der Waals surface area contributed by atoms with E-state index in [2.05, 4.69) is 38.1 Å². The Kier molecular flexibility index (Phi) is 5.36. The Balaban J connectivity index is 1.44. The number of carbonyl (C=O) groups excluding carboxylic acids is 1. The number of halogens is 1. The van der Waals surface area contributed by atoms with Crippen LogP contribution < -0.4 is 5.32 Å². The molecule has 9 heteroatoms. The number of benzene rings is 2. The molecule has 2 heterocycles. The Hall–Kier alpha value is -2.78. The van der Waals surface area contributed by atoms with Crippen molar-refractivity contribution in [1.29, 1.82) is 0 Å². The molecular weight excluding hydrogens is 397 g/mol. The molecule has 1 amide bonds. The van der Waals surface area contributed by atoms with E-state index in [1.807, 2.05) is 18.2 Å². The van der Waals surface area contributed by atoms with E-state index in [0.717, 1.165) is 27.7 Å². The number of fused-ring (bicyclic) bond motifs is 1. The third-order valence-electron chi connectivity index (χ3n) is 4.02. The van der Waals surface area contributed by atoms with Gasteiger partial charge in [-0.05, 0) is 43.3 Å². The Bertz CT molecular complexity index is 1120. The van der Waals surface area contributed by atoms with Gasteiger partial charge < -0.3 is 9.88 Å². The van der Waals surface area contributed by atoms with Crippen molar-refractivity contribution in [3.05, 3.63) is 64.4 Å². The molecule has 0 saturated heterocycles. The highest BCUT2D eigenvalue weighted by Gasteiger charge is 2.15. The number of para-hydroxylation sites is 2. The number of amides is 1. The van der Waals surface area contributed by atoms with Gasteiger partial charge in [-0.25, -0.2) is 9.37 Å². The van der Waals surface area contributed by atoms with Crippen molar-refractivity contribution < 1.29 is 9.18 Å². The second-order valence-corrected chi connectivity index (χ2v) is 7.88. The van der Waals surface area contributed by atoms with Crippen LogP contribution in [0.15, 0.2) is 53.7 Å². The summed E-state index contributed by atoms with van der Waals surface area (Å²) in [5.41, 5.74) is 2.57. The van der Waals surface area contributed by atoms with Gasteiger partial charge in [-0.2, -0.15) is 0 Å². The average Bonchev–Trinajstić information content (AvgIpc) is 3.32. The van der Waals surface area contributed by atoms with Crippen molar-refractivity contribution >= 4 is 45.7 Å². The number of anilines is 1. The Morgan fingerprint density at radius 2 is 1.96 bits per heavy atom. The second-order valence-electron chi connectivity index (χ2n) is 5.88. The van der Waals surface area contributed by atoms with Crippen LogP contribution in [0.4, 0.5) is 10.1 Å². The van der Waals surface area contributed by atoms with Crippen LogP contribution in [0.3, 0.4) is 0 Å². The lowest BCUT2D eigenvalue weighted by molar-refractivity contribution is 0.102. The van der Waals surface area contributed by atoms with Gasteiger partial charge in [0.2, 0.25) is 5.01 Å². The average molecular weight is 414 g/mol. The van der Waals surface area contributed by atoms with Crippen molar-refractivity contribution in [1.82, 2.24) is 19.7 Å². The van der Waals surface area contributed by atoms with E-state index in [1.54, 1.807) is 11.8 Å². The molecule has 0 bridgehead atoms. The summed E-state index contributed by atoms with van der Waals surface area (Å²) in [6.07, 6.45) is 0. The standard InChI is InChI=1S/C19H16FN5OS2/c1-2-25-15-6-4-3-5-14(15)22-19(25)27-11-16-23-24-18(28-16)17(26)21-13-9-7-12(20)8-10-13/h3-10H,2,11H2,1H3,(H,21,26). The largest absolute Gasteiger partial charge is 0.320 e. The molecule has 0 saturated carbocycles. The number of rotatable bonds is 6. The first-order chi connectivity index (χ1) is 13.6. The number of carbonyl (C=O) groups is 1. The van der Waals surface area contributed by atoms with Crippen molar-refractivity contribution in [3.63, 3.8) is 0 Å². The summed E-state index contributed by atoms with van der Waals surface area (Å²) in [6.45, 7) is 2.91. The van der Waals surface area contributed by atoms with E-state index in [0.29, 0.717) is 11.4 Å². The molecule has 0 aliphatic rings. The summed E-state index contributed by atoms with van der Waals surface area (Å²) in [4.78, 5) is 17.0. The lowest BCUT2D eigenvalue weighted by Crippen LogP contribution is -2.11. The third-order valence-corrected chi connectivity index (χ3v) is 6.12. The van der Waals surface area contributed by atoms with Crippen molar-refractivity contribution in [2.45, 2.75) is 24.4 Å². The van der Waals surface area contributed by atoms with Gasteiger partial charge in [0.15, 0.2) is 5.16 Å². The van der Waals surface area contributed by atoms with Crippen LogP contribution in [0.2, 0.25) is 0 Å². The van der Waals surface area contributed by atoms with Crippen molar-refractivity contribution in [2.75, 3.05) is 5.32 Å². The lowest BCUT2D eigenvalue weighted by atomic mass is 10.3. The second kappa shape index (κ2) is 8.07. The number of hydrogen-bond donors (Lipinski definition) is 1. The van der Waals surface area contributed by atoms with Gasteiger partial charge in [0.05, 0.1) is 16.8 Å². The first-order valence-electron chi connectivity index (χ1n) is 8.61. The molecule has 6 nitrogen and oxygen atoms in total. The first kappa shape index (κ1) is 18.6. The number of imidazole rings is 1. The minimum Gasteiger partial charge on any atom is -0.320 e. The predicted octanol–water partition coefficient (Wildman–Crippen LogP) is 4.59. The summed E-state index contributed by atoms with van der Waals surface area (Å²) >= 11 is 2.80. The van der Waals surface area contributed by atoms with Gasteiger partial charge in [-0.15, -0.1) is 10.2 Å². The number of hydrogen-bond acceptors (Lipinski definition) is 6. The normalized spacial score (nSPS) is 11.1. The number of nitrogens with zero attached hydrogens (tertiary/aromatic N) is 4. The van der Waals surface area contributed by atoms with Crippen LogP contribution in [0.25, 0.3) is 11.0 Å². The van der Waals surface area contributed by atoms with Crippen LogP contribution >= 0.6 is 23.1 Å². The highest BCUT2D eigenvalue weighted by Crippen LogP contribution is 2.27. The molecule has 0 fully saturated rings. The van der Waals surface area contributed by atoms with Crippen LogP contribution in [-0.4, -0.2) is 25.7 Å². The number of thioether (sulfide) groups is 1. The SMILES string of the molecule is CCn1c(SCc2nnc(C(=O)Nc3ccc(F)cc3)s2)nc2ccccc21. The van der Waals surface area contributed by atoms with Gasteiger partial charge in [0.1, 0.15) is 10.8 Å². The molecule has 0 aliphatic carbocycles. The summed E-state index contributed by atoms with van der Waals surface area (Å²) in [6, 6.07) is 13.6. The van der Waals surface area contributed by atoms with Crippen LogP contribution in [-0.2, 0) is 12.3 Å². The molecule has 28 heavy (non-hydrogen) atoms. The predicted molar refractivity (Wildman–Crippen MR) is 109 cm³/mol. The molecule has 2 aromatic heterocycles. The zero-order chi connectivity index (χ0) is 19.5. The molecule has 4 aromatic rings. The Morgan fingerprint density at radius 3 is 2.75 bits per heavy atom. The maximum Gasteiger partial charge on any atom is 0.286 e. The van der Waals surface area contributed by atoms with Crippen molar-refractivity contribution in [3.8, 4) is 0 Å². The van der Waals surface area contributed by atoms with E-state index in [1.165, 1.54) is 35.6 Å². The van der Waals surface area contributed by atoms with E-state index >= 15 is 0 Å². The molecular formula is C19H16FN5OS2. The Morgan fingerprint density at radius 1 is 1.18 bits per heavy atom. The van der Waals surface area contributed by atoms with E-state index < -0.39 is 0 Å². The number of nitrogens with one attached hydrogen (secondary N) is 1. The molecule has 1 N–H and O–H groups in total. The van der Waals surface area contributed by atoms with Gasteiger partial charge in [0.25, 0.3) is 5.91 Å². The molecule has 0 unspecified atom stereocenters. The van der Waals surface area contributed by atoms with Crippen LogP contribution in [0.5, 0.6) is 0 Å². The topological polar surface area (TPSA) is 72.7 Å². The quantitative estimate of drug-likeness (QED) is 0.468. The van der Waals surface area contributed by atoms with Gasteiger partial charge in [-0.1, -0.05) is 35.2 Å². The van der Waals surface area contributed by atoms with E-state index in [9.17, 15) is 9.18 Å². The highest BCUT2D eigenvalue weighted by atomic mass is 32.2. The van der Waals surface area contributed by atoms with E-state index in [-0.39, 0.29) is 16.7 Å². The maximum absolute atomic E-state index is 13.0.